The van der Waals surface area contributed by atoms with Crippen molar-refractivity contribution in [2.24, 2.45) is 4.66 Å². The highest BCUT2D eigenvalue weighted by atomic mass is 28.2. The third kappa shape index (κ3) is 1.67. The van der Waals surface area contributed by atoms with Gasteiger partial charge in [0.1, 0.15) is 0 Å². The van der Waals surface area contributed by atoms with Gasteiger partial charge in [-0.05, 0) is 12.4 Å². The van der Waals surface area contributed by atoms with Crippen LogP contribution in [0.1, 0.15) is 0 Å². The molecule has 19 valence electrons. The maximum Gasteiger partial charge on any atom is 0.236 e. The topological polar surface area (TPSA) is 12.4 Å². The quantitative estimate of drug-likeness (QED) is 0.278. The SMILES string of the molecule is C=C=N[Si]. The average molecular weight is 68.1 g/mol. The van der Waals surface area contributed by atoms with Gasteiger partial charge >= 0.3 is 0 Å². The lowest BCUT2D eigenvalue weighted by molar-refractivity contribution is 1.98. The molecule has 0 amide bonds. The molecule has 1 nitrogen and oxygen atoms in total. The largest absolute Gasteiger partial charge is 0.288 e. The Bertz CT molecular complexity index is 44.0. The van der Waals surface area contributed by atoms with E-state index in [4.69, 9.17) is 0 Å². The first-order valence-electron chi connectivity index (χ1n) is 0.801. The zero-order valence-corrected chi connectivity index (χ0v) is 3.15. The lowest BCUT2D eigenvalue weighted by Crippen LogP contribution is -1.41. The van der Waals surface area contributed by atoms with E-state index in [2.05, 4.69) is 27.5 Å². The number of hydrogen-bond donors (Lipinski definition) is 0. The van der Waals surface area contributed by atoms with Crippen molar-refractivity contribution in [2.45, 2.75) is 0 Å². The molecule has 2 heteroatoms. The fourth-order valence-corrected chi connectivity index (χ4v) is 0. The van der Waals surface area contributed by atoms with Gasteiger partial charge in [0.2, 0.25) is 10.4 Å². The van der Waals surface area contributed by atoms with Gasteiger partial charge in [0.15, 0.2) is 0 Å². The van der Waals surface area contributed by atoms with Crippen molar-refractivity contribution in [1.29, 1.82) is 0 Å². The molecule has 0 aromatic rings. The van der Waals surface area contributed by atoms with Gasteiger partial charge in [-0.2, -0.15) is 0 Å². The Hall–Kier alpha value is -0.333. The summed E-state index contributed by atoms with van der Waals surface area (Å²) in [5.41, 5.74) is 0. The smallest absolute Gasteiger partial charge is 0.236 e. The minimum atomic E-state index is 2.22. The fraction of sp³-hybridized carbons (Fsp3) is 0. The van der Waals surface area contributed by atoms with Crippen molar-refractivity contribution >= 4 is 16.3 Å². The zero-order valence-electron chi connectivity index (χ0n) is 2.15. The Balaban J connectivity index is 3.11. The van der Waals surface area contributed by atoms with Gasteiger partial charge in [0.25, 0.3) is 0 Å². The molecule has 0 aliphatic carbocycles. The van der Waals surface area contributed by atoms with Crippen molar-refractivity contribution < 1.29 is 0 Å². The Labute approximate surface area is 28.6 Å². The van der Waals surface area contributed by atoms with E-state index in [-0.39, 0.29) is 0 Å². The van der Waals surface area contributed by atoms with Gasteiger partial charge in [-0.15, -0.1) is 0 Å². The molecule has 0 aliphatic rings. The molecule has 0 fully saturated rings. The first-order chi connectivity index (χ1) is 1.91. The molecule has 0 heterocycles. The number of nitrogens with zero attached hydrogens (tertiary/aromatic N) is 1. The molecule has 0 atom stereocenters. The Morgan fingerprint density at radius 1 is 2.00 bits per heavy atom. The number of hydrogen-bond acceptors (Lipinski definition) is 1. The number of rotatable bonds is 0. The van der Waals surface area contributed by atoms with Crippen LogP contribution in [0.25, 0.3) is 0 Å². The molecule has 0 aromatic carbocycles. The van der Waals surface area contributed by atoms with E-state index in [1.54, 1.807) is 0 Å². The Morgan fingerprint density at radius 3 is 2.25 bits per heavy atom. The standard InChI is InChI=1S/C2H2NSi/c1-2-3-4/h1H2. The van der Waals surface area contributed by atoms with E-state index in [1.807, 2.05) is 0 Å². The van der Waals surface area contributed by atoms with Crippen LogP contribution in [0.5, 0.6) is 0 Å². The van der Waals surface area contributed by atoms with Crippen LogP contribution in [0.4, 0.5) is 0 Å². The lowest BCUT2D eigenvalue weighted by Gasteiger charge is -1.40. The molecular weight excluding hydrogens is 66.1 g/mol. The Morgan fingerprint density at radius 2 is 2.25 bits per heavy atom. The second-order valence-corrected chi connectivity index (χ2v) is 0.494. The molecule has 0 spiro atoms. The van der Waals surface area contributed by atoms with Crippen LogP contribution in [-0.2, 0) is 0 Å². The van der Waals surface area contributed by atoms with Crippen LogP contribution in [-0.4, -0.2) is 16.3 Å². The van der Waals surface area contributed by atoms with Crippen molar-refractivity contribution in [2.75, 3.05) is 0 Å². The summed E-state index contributed by atoms with van der Waals surface area (Å²) in [6, 6.07) is 0. The summed E-state index contributed by atoms with van der Waals surface area (Å²) in [6.07, 6.45) is 0. The molecule has 0 N–H and O–H groups in total. The van der Waals surface area contributed by atoms with E-state index in [0.29, 0.717) is 0 Å². The minimum absolute atomic E-state index is 2.22. The van der Waals surface area contributed by atoms with Crippen LogP contribution >= 0.6 is 0 Å². The Kier molecular flexibility index (Phi) is 2.44. The van der Waals surface area contributed by atoms with E-state index >= 15 is 0 Å². The molecular formula is C2H2NSi. The lowest BCUT2D eigenvalue weighted by atomic mass is 11.2. The third-order valence-corrected chi connectivity index (χ3v) is 0.237. The molecule has 4 heavy (non-hydrogen) atoms. The average Bonchev–Trinajstić information content (AvgIpc) is 1.37. The highest BCUT2D eigenvalue weighted by Gasteiger charge is 1.25. The van der Waals surface area contributed by atoms with E-state index < -0.39 is 0 Å². The summed E-state index contributed by atoms with van der Waals surface area (Å²) in [4.78, 5) is 0. The van der Waals surface area contributed by atoms with Gasteiger partial charge in [0, 0.05) is 0 Å². The monoisotopic (exact) mass is 68.0 g/mol. The van der Waals surface area contributed by atoms with Crippen molar-refractivity contribution in [3.05, 3.63) is 6.58 Å². The molecule has 0 bridgehead atoms. The summed E-state index contributed by atoms with van der Waals surface area (Å²) >= 11 is 0. The van der Waals surface area contributed by atoms with Crippen LogP contribution in [0, 0.1) is 0 Å². The summed E-state index contributed by atoms with van der Waals surface area (Å²) in [5.74, 6) is 2.22. The molecule has 0 rings (SSSR count). The maximum atomic E-state index is 3.18. The van der Waals surface area contributed by atoms with E-state index in [0.717, 1.165) is 0 Å². The van der Waals surface area contributed by atoms with E-state index in [1.165, 1.54) is 0 Å². The molecule has 0 saturated carbocycles. The first-order valence-corrected chi connectivity index (χ1v) is 1.25. The molecule has 0 aromatic heterocycles. The fourth-order valence-electron chi connectivity index (χ4n) is 0. The van der Waals surface area contributed by atoms with Crippen molar-refractivity contribution in [3.8, 4) is 0 Å². The molecule has 0 aliphatic heterocycles. The third-order valence-electron chi connectivity index (χ3n) is 0.0791. The van der Waals surface area contributed by atoms with Crippen LogP contribution in [0.15, 0.2) is 11.2 Å². The normalized spacial score (nSPS) is 4.25. The molecule has 3 radical (unpaired) electrons. The highest BCUT2D eigenvalue weighted by Crippen LogP contribution is 1.26. The van der Waals surface area contributed by atoms with Gasteiger partial charge in [-0.25, -0.2) is 0 Å². The van der Waals surface area contributed by atoms with Gasteiger partial charge in [-0.3, -0.25) is 4.66 Å². The first kappa shape index (κ1) is 3.67. The molecule has 0 saturated heterocycles. The second-order valence-electron chi connectivity index (χ2n) is 0.270. The van der Waals surface area contributed by atoms with Crippen LogP contribution in [0.2, 0.25) is 0 Å². The second kappa shape index (κ2) is 2.67. The summed E-state index contributed by atoms with van der Waals surface area (Å²) in [6.45, 7) is 3.14. The van der Waals surface area contributed by atoms with E-state index in [9.17, 15) is 0 Å². The minimum Gasteiger partial charge on any atom is -0.288 e. The summed E-state index contributed by atoms with van der Waals surface area (Å²) in [7, 11) is 2.74. The predicted molar refractivity (Wildman–Crippen MR) is 18.8 cm³/mol. The van der Waals surface area contributed by atoms with Crippen molar-refractivity contribution in [1.82, 2.24) is 0 Å². The van der Waals surface area contributed by atoms with Crippen LogP contribution < -0.4 is 0 Å². The van der Waals surface area contributed by atoms with Gasteiger partial charge < -0.3 is 0 Å². The predicted octanol–water partition coefficient (Wildman–Crippen LogP) is -0.0744. The van der Waals surface area contributed by atoms with Crippen LogP contribution in [0.3, 0.4) is 0 Å². The zero-order chi connectivity index (χ0) is 3.41. The van der Waals surface area contributed by atoms with Crippen molar-refractivity contribution in [3.63, 3.8) is 0 Å². The highest BCUT2D eigenvalue weighted by molar-refractivity contribution is 6.08. The van der Waals surface area contributed by atoms with Gasteiger partial charge in [-0.1, -0.05) is 0 Å². The molecule has 0 unspecified atom stereocenters. The summed E-state index contributed by atoms with van der Waals surface area (Å²) in [5, 5.41) is 0. The summed E-state index contributed by atoms with van der Waals surface area (Å²) < 4.78 is 3.18. The van der Waals surface area contributed by atoms with Gasteiger partial charge in [0.05, 0.1) is 0 Å². The maximum absolute atomic E-state index is 3.18.